The standard InChI is InChI=1S/C14H19N3O5/c1-2-22-12(19)7-9-5-3-4-6-17(9)13(20)10-8-11(18)16-14(21)15-10/h8-9H,2-7H2,1H3,(H2,15,16,18,21)/t9-/m0/s1. The molecule has 1 aliphatic rings. The number of H-pyrrole nitrogens is 2. The molecule has 0 saturated carbocycles. The molecule has 1 aromatic heterocycles. The van der Waals surface area contributed by atoms with Crippen LogP contribution in [0.5, 0.6) is 0 Å². The zero-order chi connectivity index (χ0) is 16.1. The van der Waals surface area contributed by atoms with Crippen LogP contribution in [0.3, 0.4) is 0 Å². The monoisotopic (exact) mass is 309 g/mol. The lowest BCUT2D eigenvalue weighted by molar-refractivity contribution is -0.144. The molecule has 8 heteroatoms. The highest BCUT2D eigenvalue weighted by molar-refractivity contribution is 5.92. The van der Waals surface area contributed by atoms with Crippen molar-refractivity contribution in [3.05, 3.63) is 32.6 Å². The Morgan fingerprint density at radius 3 is 2.77 bits per heavy atom. The van der Waals surface area contributed by atoms with Crippen molar-refractivity contribution in [1.29, 1.82) is 0 Å². The lowest BCUT2D eigenvalue weighted by Crippen LogP contribution is -2.46. The summed E-state index contributed by atoms with van der Waals surface area (Å²) >= 11 is 0. The molecule has 0 bridgehead atoms. The zero-order valence-electron chi connectivity index (χ0n) is 12.4. The second-order valence-corrected chi connectivity index (χ2v) is 5.16. The van der Waals surface area contributed by atoms with Crippen LogP contribution >= 0.6 is 0 Å². The molecule has 1 fully saturated rings. The second-order valence-electron chi connectivity index (χ2n) is 5.16. The third-order valence-corrected chi connectivity index (χ3v) is 3.59. The molecule has 1 amide bonds. The van der Waals surface area contributed by atoms with Crippen molar-refractivity contribution in [3.63, 3.8) is 0 Å². The average Bonchev–Trinajstić information content (AvgIpc) is 2.46. The average molecular weight is 309 g/mol. The molecule has 2 heterocycles. The molecule has 22 heavy (non-hydrogen) atoms. The number of nitrogens with one attached hydrogen (secondary N) is 2. The maximum Gasteiger partial charge on any atom is 0.326 e. The first-order chi connectivity index (χ1) is 10.5. The van der Waals surface area contributed by atoms with Crippen LogP contribution in [0.4, 0.5) is 0 Å². The van der Waals surface area contributed by atoms with Gasteiger partial charge in [-0.3, -0.25) is 19.4 Å². The number of carbonyl (C=O) groups excluding carboxylic acids is 2. The number of ether oxygens (including phenoxy) is 1. The van der Waals surface area contributed by atoms with E-state index < -0.39 is 17.2 Å². The van der Waals surface area contributed by atoms with Crippen molar-refractivity contribution in [3.8, 4) is 0 Å². The van der Waals surface area contributed by atoms with E-state index in [1.807, 2.05) is 4.98 Å². The van der Waals surface area contributed by atoms with Gasteiger partial charge in [-0.2, -0.15) is 0 Å². The Labute approximate surface area is 126 Å². The Morgan fingerprint density at radius 2 is 2.09 bits per heavy atom. The molecule has 8 nitrogen and oxygen atoms in total. The van der Waals surface area contributed by atoms with Crippen LogP contribution in [-0.4, -0.2) is 45.9 Å². The highest BCUT2D eigenvalue weighted by Gasteiger charge is 2.30. The lowest BCUT2D eigenvalue weighted by Gasteiger charge is -2.35. The Balaban J connectivity index is 2.19. The summed E-state index contributed by atoms with van der Waals surface area (Å²) in [5, 5.41) is 0. The fraction of sp³-hybridized carbons (Fsp3) is 0.571. The molecule has 1 aliphatic heterocycles. The third-order valence-electron chi connectivity index (χ3n) is 3.59. The van der Waals surface area contributed by atoms with E-state index >= 15 is 0 Å². The molecule has 2 rings (SSSR count). The van der Waals surface area contributed by atoms with Crippen LogP contribution in [0.2, 0.25) is 0 Å². The van der Waals surface area contributed by atoms with Gasteiger partial charge in [-0.05, 0) is 26.2 Å². The van der Waals surface area contributed by atoms with Gasteiger partial charge in [0.1, 0.15) is 5.69 Å². The molecule has 2 N–H and O–H groups in total. The first-order valence-corrected chi connectivity index (χ1v) is 7.31. The number of esters is 1. The molecule has 0 radical (unpaired) electrons. The van der Waals surface area contributed by atoms with Gasteiger partial charge in [0.2, 0.25) is 0 Å². The molecule has 120 valence electrons. The summed E-state index contributed by atoms with van der Waals surface area (Å²) in [4.78, 5) is 52.6. The van der Waals surface area contributed by atoms with E-state index in [2.05, 4.69) is 4.98 Å². The SMILES string of the molecule is CCOC(=O)C[C@@H]1CCCCN1C(=O)c1cc(=O)[nH]c(=O)[nH]1. The third kappa shape index (κ3) is 3.84. The number of nitrogens with zero attached hydrogens (tertiary/aromatic N) is 1. The van der Waals surface area contributed by atoms with Gasteiger partial charge >= 0.3 is 11.7 Å². The Kier molecular flexibility index (Phi) is 5.13. The van der Waals surface area contributed by atoms with Crippen molar-refractivity contribution in [2.24, 2.45) is 0 Å². The maximum absolute atomic E-state index is 12.5. The largest absolute Gasteiger partial charge is 0.466 e. The number of likely N-dealkylation sites (tertiary alicyclic amines) is 1. The molecule has 1 aromatic rings. The van der Waals surface area contributed by atoms with E-state index in [1.165, 1.54) is 4.90 Å². The van der Waals surface area contributed by atoms with Gasteiger partial charge < -0.3 is 14.6 Å². The summed E-state index contributed by atoms with van der Waals surface area (Å²) in [6.07, 6.45) is 2.54. The molecule has 0 aromatic carbocycles. The number of aromatic amines is 2. The van der Waals surface area contributed by atoms with E-state index in [9.17, 15) is 19.2 Å². The quantitative estimate of drug-likeness (QED) is 0.761. The van der Waals surface area contributed by atoms with Crippen molar-refractivity contribution < 1.29 is 14.3 Å². The van der Waals surface area contributed by atoms with Crippen molar-refractivity contribution in [2.75, 3.05) is 13.2 Å². The predicted molar refractivity (Wildman–Crippen MR) is 77.6 cm³/mol. The molecular formula is C14H19N3O5. The Bertz CT molecular complexity index is 635. The number of carbonyl (C=O) groups is 2. The first kappa shape index (κ1) is 16.0. The highest BCUT2D eigenvalue weighted by Crippen LogP contribution is 2.21. The number of amides is 1. The first-order valence-electron chi connectivity index (χ1n) is 7.31. The fourth-order valence-corrected chi connectivity index (χ4v) is 2.63. The van der Waals surface area contributed by atoms with Gasteiger partial charge in [-0.15, -0.1) is 0 Å². The zero-order valence-corrected chi connectivity index (χ0v) is 12.4. The summed E-state index contributed by atoms with van der Waals surface area (Å²) in [6.45, 7) is 2.50. The van der Waals surface area contributed by atoms with Gasteiger partial charge in [-0.25, -0.2) is 4.79 Å². The van der Waals surface area contributed by atoms with Crippen LogP contribution in [0, 0.1) is 0 Å². The van der Waals surface area contributed by atoms with Gasteiger partial charge in [0.15, 0.2) is 0 Å². The number of aromatic nitrogens is 2. The number of piperidine rings is 1. The van der Waals surface area contributed by atoms with Crippen LogP contribution in [-0.2, 0) is 9.53 Å². The number of hydrogen-bond donors (Lipinski definition) is 2. The minimum absolute atomic E-state index is 0.0653. The minimum atomic E-state index is -0.727. The van der Waals surface area contributed by atoms with Crippen LogP contribution in [0.15, 0.2) is 15.7 Å². The normalized spacial score (nSPS) is 18.0. The molecular weight excluding hydrogens is 290 g/mol. The van der Waals surface area contributed by atoms with E-state index in [0.29, 0.717) is 19.6 Å². The van der Waals surface area contributed by atoms with Crippen LogP contribution in [0.25, 0.3) is 0 Å². The fourth-order valence-electron chi connectivity index (χ4n) is 2.63. The van der Waals surface area contributed by atoms with Crippen molar-refractivity contribution in [2.45, 2.75) is 38.6 Å². The summed E-state index contributed by atoms with van der Waals surface area (Å²) in [7, 11) is 0. The van der Waals surface area contributed by atoms with E-state index in [4.69, 9.17) is 4.74 Å². The lowest BCUT2D eigenvalue weighted by atomic mass is 9.99. The summed E-state index contributed by atoms with van der Waals surface area (Å²) in [6, 6.07) is 0.780. The highest BCUT2D eigenvalue weighted by atomic mass is 16.5. The van der Waals surface area contributed by atoms with Gasteiger partial charge in [0, 0.05) is 18.7 Å². The molecule has 0 unspecified atom stereocenters. The van der Waals surface area contributed by atoms with Crippen LogP contribution in [0.1, 0.15) is 43.1 Å². The maximum atomic E-state index is 12.5. The van der Waals surface area contributed by atoms with E-state index in [0.717, 1.165) is 18.9 Å². The summed E-state index contributed by atoms with van der Waals surface area (Å²) < 4.78 is 4.93. The Hall–Kier alpha value is -2.38. The number of hydrogen-bond acceptors (Lipinski definition) is 5. The molecule has 0 spiro atoms. The Morgan fingerprint density at radius 1 is 1.32 bits per heavy atom. The van der Waals surface area contributed by atoms with Crippen molar-refractivity contribution >= 4 is 11.9 Å². The van der Waals surface area contributed by atoms with Crippen molar-refractivity contribution in [1.82, 2.24) is 14.9 Å². The summed E-state index contributed by atoms with van der Waals surface area (Å²) in [5.41, 5.74) is -1.43. The van der Waals surface area contributed by atoms with Gasteiger partial charge in [-0.1, -0.05) is 0 Å². The predicted octanol–water partition coefficient (Wildman–Crippen LogP) is 0.0111. The molecule has 0 aliphatic carbocycles. The topological polar surface area (TPSA) is 112 Å². The van der Waals surface area contributed by atoms with E-state index in [1.54, 1.807) is 6.92 Å². The van der Waals surface area contributed by atoms with Gasteiger partial charge in [0.25, 0.3) is 11.5 Å². The minimum Gasteiger partial charge on any atom is -0.466 e. The second kappa shape index (κ2) is 7.06. The van der Waals surface area contributed by atoms with Crippen LogP contribution < -0.4 is 11.2 Å². The van der Waals surface area contributed by atoms with Gasteiger partial charge in [0.05, 0.1) is 13.0 Å². The van der Waals surface area contributed by atoms with E-state index in [-0.39, 0.29) is 24.1 Å². The molecule has 1 saturated heterocycles. The number of rotatable bonds is 4. The smallest absolute Gasteiger partial charge is 0.326 e. The molecule has 1 atom stereocenters. The summed E-state index contributed by atoms with van der Waals surface area (Å²) in [5.74, 6) is -0.802.